The fraction of sp³-hybridized carbons (Fsp3) is 0.222. The van der Waals surface area contributed by atoms with E-state index in [0.717, 1.165) is 6.54 Å². The SMILES string of the molecule is CN(C)CCOc1ccccc1-c1nc(-c2ccc([N+](=O)[O-])cc2)no1. The molecule has 0 bridgehead atoms. The van der Waals surface area contributed by atoms with Gasteiger partial charge in [0.15, 0.2) is 0 Å². The second kappa shape index (κ2) is 7.75. The highest BCUT2D eigenvalue weighted by Crippen LogP contribution is 2.30. The highest BCUT2D eigenvalue weighted by atomic mass is 16.6. The van der Waals surface area contributed by atoms with Gasteiger partial charge < -0.3 is 14.2 Å². The topological polar surface area (TPSA) is 94.5 Å². The molecule has 0 fully saturated rings. The average Bonchev–Trinajstić information content (AvgIpc) is 3.12. The number of likely N-dealkylation sites (N-methyl/N-ethyl adjacent to an activating group) is 1. The van der Waals surface area contributed by atoms with Crippen LogP contribution in [0.4, 0.5) is 5.69 Å². The molecule has 0 aliphatic carbocycles. The van der Waals surface area contributed by atoms with Crippen molar-refractivity contribution in [3.63, 3.8) is 0 Å². The van der Waals surface area contributed by atoms with Gasteiger partial charge in [0, 0.05) is 24.2 Å². The molecule has 0 aliphatic rings. The molecule has 134 valence electrons. The molecule has 3 aromatic rings. The van der Waals surface area contributed by atoms with E-state index in [1.807, 2.05) is 43.3 Å². The van der Waals surface area contributed by atoms with Gasteiger partial charge in [0.1, 0.15) is 12.4 Å². The van der Waals surface area contributed by atoms with Crippen LogP contribution >= 0.6 is 0 Å². The first kappa shape index (κ1) is 17.6. The van der Waals surface area contributed by atoms with E-state index in [1.54, 1.807) is 12.1 Å². The van der Waals surface area contributed by atoms with Crippen molar-refractivity contribution < 1.29 is 14.2 Å². The maximum atomic E-state index is 10.7. The summed E-state index contributed by atoms with van der Waals surface area (Å²) in [4.78, 5) is 16.7. The van der Waals surface area contributed by atoms with Gasteiger partial charge in [-0.2, -0.15) is 4.98 Å². The summed E-state index contributed by atoms with van der Waals surface area (Å²) in [7, 11) is 3.95. The first-order valence-corrected chi connectivity index (χ1v) is 8.00. The third-order valence-electron chi connectivity index (χ3n) is 3.68. The van der Waals surface area contributed by atoms with Crippen molar-refractivity contribution in [2.45, 2.75) is 0 Å². The van der Waals surface area contributed by atoms with Crippen LogP contribution in [0.15, 0.2) is 53.1 Å². The Bertz CT molecular complexity index is 890. The second-order valence-corrected chi connectivity index (χ2v) is 5.88. The summed E-state index contributed by atoms with van der Waals surface area (Å²) in [5.41, 5.74) is 1.35. The number of hydrogen-bond acceptors (Lipinski definition) is 7. The highest BCUT2D eigenvalue weighted by molar-refractivity contribution is 5.65. The van der Waals surface area contributed by atoms with Gasteiger partial charge in [-0.05, 0) is 38.4 Å². The Balaban J connectivity index is 1.82. The fourth-order valence-electron chi connectivity index (χ4n) is 2.29. The van der Waals surface area contributed by atoms with E-state index in [2.05, 4.69) is 10.1 Å². The molecule has 1 heterocycles. The quantitative estimate of drug-likeness (QED) is 0.475. The monoisotopic (exact) mass is 354 g/mol. The van der Waals surface area contributed by atoms with Crippen LogP contribution in [0.25, 0.3) is 22.8 Å². The van der Waals surface area contributed by atoms with E-state index in [0.29, 0.717) is 35.2 Å². The van der Waals surface area contributed by atoms with E-state index in [-0.39, 0.29) is 5.69 Å². The molecule has 3 rings (SSSR count). The lowest BCUT2D eigenvalue weighted by atomic mass is 10.2. The number of hydrogen-bond donors (Lipinski definition) is 0. The lowest BCUT2D eigenvalue weighted by Gasteiger charge is -2.12. The molecule has 1 aromatic heterocycles. The first-order chi connectivity index (χ1) is 12.5. The number of aromatic nitrogens is 2. The maximum Gasteiger partial charge on any atom is 0.269 e. The number of ether oxygens (including phenoxy) is 1. The Morgan fingerprint density at radius 1 is 1.15 bits per heavy atom. The predicted octanol–water partition coefficient (Wildman–Crippen LogP) is 3.25. The minimum Gasteiger partial charge on any atom is -0.491 e. The number of rotatable bonds is 7. The Hall–Kier alpha value is -3.26. The van der Waals surface area contributed by atoms with Crippen LogP contribution < -0.4 is 4.74 Å². The summed E-state index contributed by atoms with van der Waals surface area (Å²) in [6, 6.07) is 13.4. The summed E-state index contributed by atoms with van der Waals surface area (Å²) < 4.78 is 11.2. The van der Waals surface area contributed by atoms with E-state index >= 15 is 0 Å². The molecular weight excluding hydrogens is 336 g/mol. The Morgan fingerprint density at radius 2 is 1.88 bits per heavy atom. The van der Waals surface area contributed by atoms with Crippen molar-refractivity contribution in [1.82, 2.24) is 15.0 Å². The number of nitro benzene ring substituents is 1. The minimum absolute atomic E-state index is 0.0112. The van der Waals surface area contributed by atoms with Crippen LogP contribution in [0.1, 0.15) is 0 Å². The molecule has 2 aromatic carbocycles. The first-order valence-electron chi connectivity index (χ1n) is 8.00. The van der Waals surface area contributed by atoms with Crippen LogP contribution in [0.5, 0.6) is 5.75 Å². The Labute approximate surface area is 150 Å². The predicted molar refractivity (Wildman–Crippen MR) is 95.9 cm³/mol. The van der Waals surface area contributed by atoms with Crippen LogP contribution in [-0.4, -0.2) is 47.2 Å². The molecule has 0 atom stereocenters. The van der Waals surface area contributed by atoms with E-state index in [1.165, 1.54) is 12.1 Å². The standard InChI is InChI=1S/C18H18N4O4/c1-21(2)11-12-25-16-6-4-3-5-15(16)18-19-17(20-26-18)13-7-9-14(10-8-13)22(23)24/h3-10H,11-12H2,1-2H3. The summed E-state index contributed by atoms with van der Waals surface area (Å²) in [6.07, 6.45) is 0. The lowest BCUT2D eigenvalue weighted by molar-refractivity contribution is -0.384. The summed E-state index contributed by atoms with van der Waals surface area (Å²) in [6.45, 7) is 1.32. The van der Waals surface area contributed by atoms with Gasteiger partial charge in [-0.15, -0.1) is 0 Å². The van der Waals surface area contributed by atoms with Gasteiger partial charge in [-0.3, -0.25) is 10.1 Å². The highest BCUT2D eigenvalue weighted by Gasteiger charge is 2.15. The van der Waals surface area contributed by atoms with Gasteiger partial charge in [-0.25, -0.2) is 0 Å². The van der Waals surface area contributed by atoms with Crippen LogP contribution in [-0.2, 0) is 0 Å². The van der Waals surface area contributed by atoms with Crippen LogP contribution in [0, 0.1) is 10.1 Å². The molecule has 0 N–H and O–H groups in total. The van der Waals surface area contributed by atoms with Gasteiger partial charge in [0.05, 0.1) is 10.5 Å². The zero-order valence-electron chi connectivity index (χ0n) is 14.5. The summed E-state index contributed by atoms with van der Waals surface area (Å²) in [5, 5.41) is 14.7. The van der Waals surface area contributed by atoms with Crippen molar-refractivity contribution in [3.8, 4) is 28.6 Å². The number of non-ortho nitro benzene ring substituents is 1. The Morgan fingerprint density at radius 3 is 2.58 bits per heavy atom. The average molecular weight is 354 g/mol. The minimum atomic E-state index is -0.452. The van der Waals surface area contributed by atoms with E-state index in [4.69, 9.17) is 9.26 Å². The van der Waals surface area contributed by atoms with Gasteiger partial charge in [0.25, 0.3) is 11.6 Å². The molecular formula is C18H18N4O4. The van der Waals surface area contributed by atoms with E-state index in [9.17, 15) is 10.1 Å². The zero-order valence-corrected chi connectivity index (χ0v) is 14.5. The normalized spacial score (nSPS) is 10.9. The van der Waals surface area contributed by atoms with Crippen molar-refractivity contribution in [3.05, 3.63) is 58.6 Å². The lowest BCUT2D eigenvalue weighted by Crippen LogP contribution is -2.19. The number of benzene rings is 2. The maximum absolute atomic E-state index is 10.7. The zero-order chi connectivity index (χ0) is 18.5. The summed E-state index contributed by atoms with van der Waals surface area (Å²) >= 11 is 0. The molecule has 8 heteroatoms. The molecule has 0 unspecified atom stereocenters. The molecule has 26 heavy (non-hydrogen) atoms. The molecule has 0 saturated carbocycles. The number of nitrogens with zero attached hydrogens (tertiary/aromatic N) is 4. The number of para-hydroxylation sites is 1. The fourth-order valence-corrected chi connectivity index (χ4v) is 2.29. The summed E-state index contributed by atoms with van der Waals surface area (Å²) in [5.74, 6) is 1.35. The largest absolute Gasteiger partial charge is 0.491 e. The molecule has 0 spiro atoms. The van der Waals surface area contributed by atoms with Gasteiger partial charge in [-0.1, -0.05) is 17.3 Å². The van der Waals surface area contributed by atoms with Crippen LogP contribution in [0.3, 0.4) is 0 Å². The van der Waals surface area contributed by atoms with Crippen molar-refractivity contribution in [2.75, 3.05) is 27.2 Å². The molecule has 0 amide bonds. The van der Waals surface area contributed by atoms with Crippen LogP contribution in [0.2, 0.25) is 0 Å². The Kier molecular flexibility index (Phi) is 5.23. The van der Waals surface area contributed by atoms with Gasteiger partial charge in [0.2, 0.25) is 5.82 Å². The van der Waals surface area contributed by atoms with Crippen molar-refractivity contribution >= 4 is 5.69 Å². The van der Waals surface area contributed by atoms with E-state index < -0.39 is 4.92 Å². The van der Waals surface area contributed by atoms with Gasteiger partial charge >= 0.3 is 0 Å². The van der Waals surface area contributed by atoms with Crippen molar-refractivity contribution in [2.24, 2.45) is 0 Å². The molecule has 0 saturated heterocycles. The third-order valence-corrected chi connectivity index (χ3v) is 3.68. The number of nitro groups is 1. The smallest absolute Gasteiger partial charge is 0.269 e. The molecule has 0 radical (unpaired) electrons. The molecule has 8 nitrogen and oxygen atoms in total. The van der Waals surface area contributed by atoms with Crippen molar-refractivity contribution in [1.29, 1.82) is 0 Å². The molecule has 0 aliphatic heterocycles. The third kappa shape index (κ3) is 4.04. The second-order valence-electron chi connectivity index (χ2n) is 5.88.